The van der Waals surface area contributed by atoms with Crippen LogP contribution in [-0.2, 0) is 17.9 Å². The van der Waals surface area contributed by atoms with E-state index in [9.17, 15) is 0 Å². The predicted molar refractivity (Wildman–Crippen MR) is 88.4 cm³/mol. The summed E-state index contributed by atoms with van der Waals surface area (Å²) in [4.78, 5) is 0. The van der Waals surface area contributed by atoms with Crippen molar-refractivity contribution in [3.05, 3.63) is 23.2 Å². The monoisotopic (exact) mass is 295 g/mol. The maximum Gasteiger partial charge on any atom is 0.130 e. The summed E-state index contributed by atoms with van der Waals surface area (Å²) in [6.45, 7) is 12.1. The van der Waals surface area contributed by atoms with Crippen LogP contribution in [0.25, 0.3) is 0 Å². The first kappa shape index (κ1) is 18.2. The minimum Gasteiger partial charge on any atom is -0.462 e. The number of hydrogen-bond donors (Lipinski definition) is 1. The molecule has 0 aliphatic carbocycles. The Balaban J connectivity index is 2.29. The SMILES string of the molecule is CCCCCCC(C)OCc1cc(C)c(CNC(C)C)o1. The van der Waals surface area contributed by atoms with E-state index in [1.807, 2.05) is 0 Å². The summed E-state index contributed by atoms with van der Waals surface area (Å²) in [5.74, 6) is 1.96. The summed E-state index contributed by atoms with van der Waals surface area (Å²) < 4.78 is 11.8. The average Bonchev–Trinajstić information content (AvgIpc) is 2.79. The molecule has 1 N–H and O–H groups in total. The molecule has 0 aromatic carbocycles. The molecule has 0 amide bonds. The van der Waals surface area contributed by atoms with Crippen LogP contribution in [0.5, 0.6) is 0 Å². The highest BCUT2D eigenvalue weighted by Gasteiger charge is 2.10. The molecular formula is C18H33NO2. The predicted octanol–water partition coefficient (Wildman–Crippen LogP) is 4.96. The molecule has 1 unspecified atom stereocenters. The van der Waals surface area contributed by atoms with Crippen molar-refractivity contribution in [3.63, 3.8) is 0 Å². The maximum absolute atomic E-state index is 5.89. The fourth-order valence-corrected chi connectivity index (χ4v) is 2.30. The van der Waals surface area contributed by atoms with Gasteiger partial charge in [-0.25, -0.2) is 0 Å². The fourth-order valence-electron chi connectivity index (χ4n) is 2.30. The van der Waals surface area contributed by atoms with E-state index in [2.05, 4.69) is 46.0 Å². The van der Waals surface area contributed by atoms with Crippen LogP contribution in [0.2, 0.25) is 0 Å². The van der Waals surface area contributed by atoms with Gasteiger partial charge in [-0.2, -0.15) is 0 Å². The summed E-state index contributed by atoms with van der Waals surface area (Å²) in [5, 5.41) is 3.39. The van der Waals surface area contributed by atoms with Crippen molar-refractivity contribution >= 4 is 0 Å². The Morgan fingerprint density at radius 2 is 1.95 bits per heavy atom. The molecule has 0 saturated carbocycles. The van der Waals surface area contributed by atoms with Crippen molar-refractivity contribution in [2.45, 2.75) is 92.0 Å². The number of ether oxygens (including phenoxy) is 1. The van der Waals surface area contributed by atoms with Crippen LogP contribution in [-0.4, -0.2) is 12.1 Å². The van der Waals surface area contributed by atoms with Gasteiger partial charge in [0.2, 0.25) is 0 Å². The summed E-state index contributed by atoms with van der Waals surface area (Å²) >= 11 is 0. The van der Waals surface area contributed by atoms with E-state index in [1.54, 1.807) is 0 Å². The number of aryl methyl sites for hydroxylation is 1. The van der Waals surface area contributed by atoms with Gasteiger partial charge in [0, 0.05) is 6.04 Å². The molecule has 0 spiro atoms. The standard InChI is InChI=1S/C18H33NO2/c1-6-7-8-9-10-16(5)20-13-17-11-15(4)18(21-17)12-19-14(2)3/h11,14,16,19H,6-10,12-13H2,1-5H3. The van der Waals surface area contributed by atoms with Crippen LogP contribution in [0.3, 0.4) is 0 Å². The average molecular weight is 295 g/mol. The van der Waals surface area contributed by atoms with Crippen molar-refractivity contribution in [3.8, 4) is 0 Å². The topological polar surface area (TPSA) is 34.4 Å². The summed E-state index contributed by atoms with van der Waals surface area (Å²) in [5.41, 5.74) is 1.21. The van der Waals surface area contributed by atoms with Crippen molar-refractivity contribution in [1.29, 1.82) is 0 Å². The first-order valence-corrected chi connectivity index (χ1v) is 8.46. The second-order valence-corrected chi connectivity index (χ2v) is 6.33. The van der Waals surface area contributed by atoms with Gasteiger partial charge in [-0.05, 0) is 31.9 Å². The smallest absolute Gasteiger partial charge is 0.130 e. The third kappa shape index (κ3) is 7.68. The number of unbranched alkanes of at least 4 members (excludes halogenated alkanes) is 3. The van der Waals surface area contributed by atoms with E-state index >= 15 is 0 Å². The van der Waals surface area contributed by atoms with E-state index in [4.69, 9.17) is 9.15 Å². The largest absolute Gasteiger partial charge is 0.462 e. The van der Waals surface area contributed by atoms with E-state index < -0.39 is 0 Å². The molecule has 0 aliphatic heterocycles. The van der Waals surface area contributed by atoms with Crippen LogP contribution in [0.15, 0.2) is 10.5 Å². The van der Waals surface area contributed by atoms with Gasteiger partial charge in [0.05, 0.1) is 12.6 Å². The number of rotatable bonds is 11. The fraction of sp³-hybridized carbons (Fsp3) is 0.778. The van der Waals surface area contributed by atoms with Gasteiger partial charge in [0.25, 0.3) is 0 Å². The van der Waals surface area contributed by atoms with Crippen LogP contribution in [0.1, 0.15) is 76.9 Å². The Morgan fingerprint density at radius 1 is 1.19 bits per heavy atom. The summed E-state index contributed by atoms with van der Waals surface area (Å²) in [6.07, 6.45) is 6.64. The van der Waals surface area contributed by atoms with E-state index in [0.29, 0.717) is 18.8 Å². The first-order valence-electron chi connectivity index (χ1n) is 8.46. The zero-order chi connectivity index (χ0) is 15.7. The Kier molecular flexibility index (Phi) is 8.70. The third-order valence-electron chi connectivity index (χ3n) is 3.72. The molecule has 1 aromatic heterocycles. The minimum absolute atomic E-state index is 0.310. The molecular weight excluding hydrogens is 262 g/mol. The zero-order valence-corrected chi connectivity index (χ0v) is 14.5. The van der Waals surface area contributed by atoms with Crippen LogP contribution in [0, 0.1) is 6.92 Å². The molecule has 0 bridgehead atoms. The van der Waals surface area contributed by atoms with E-state index in [0.717, 1.165) is 24.5 Å². The summed E-state index contributed by atoms with van der Waals surface area (Å²) in [7, 11) is 0. The van der Waals surface area contributed by atoms with Crippen LogP contribution >= 0.6 is 0 Å². The molecule has 0 aliphatic rings. The lowest BCUT2D eigenvalue weighted by Gasteiger charge is -2.11. The zero-order valence-electron chi connectivity index (χ0n) is 14.5. The van der Waals surface area contributed by atoms with Crippen molar-refractivity contribution in [1.82, 2.24) is 5.32 Å². The summed E-state index contributed by atoms with van der Waals surface area (Å²) in [6, 6.07) is 2.57. The minimum atomic E-state index is 0.310. The van der Waals surface area contributed by atoms with Gasteiger partial charge < -0.3 is 14.5 Å². The Labute approximate surface area is 130 Å². The normalized spacial score (nSPS) is 13.0. The lowest BCUT2D eigenvalue weighted by Crippen LogP contribution is -2.21. The molecule has 0 saturated heterocycles. The van der Waals surface area contributed by atoms with Gasteiger partial charge >= 0.3 is 0 Å². The molecule has 3 nitrogen and oxygen atoms in total. The number of furan rings is 1. The molecule has 1 atom stereocenters. The highest BCUT2D eigenvalue weighted by atomic mass is 16.5. The second kappa shape index (κ2) is 10.0. The molecule has 21 heavy (non-hydrogen) atoms. The van der Waals surface area contributed by atoms with Crippen molar-refractivity contribution < 1.29 is 9.15 Å². The Morgan fingerprint density at radius 3 is 2.62 bits per heavy atom. The van der Waals surface area contributed by atoms with Crippen LogP contribution < -0.4 is 5.32 Å². The second-order valence-electron chi connectivity index (χ2n) is 6.33. The Hall–Kier alpha value is -0.800. The van der Waals surface area contributed by atoms with Crippen molar-refractivity contribution in [2.24, 2.45) is 0 Å². The molecule has 1 rings (SSSR count). The van der Waals surface area contributed by atoms with Gasteiger partial charge in [-0.15, -0.1) is 0 Å². The first-order chi connectivity index (χ1) is 10.0. The molecule has 3 heteroatoms. The number of hydrogen-bond acceptors (Lipinski definition) is 3. The van der Waals surface area contributed by atoms with Crippen LogP contribution in [0.4, 0.5) is 0 Å². The molecule has 1 aromatic rings. The molecule has 0 radical (unpaired) electrons. The van der Waals surface area contributed by atoms with Gasteiger partial charge in [-0.3, -0.25) is 0 Å². The van der Waals surface area contributed by atoms with Gasteiger partial charge in [0.15, 0.2) is 0 Å². The highest BCUT2D eigenvalue weighted by Crippen LogP contribution is 2.17. The molecule has 1 heterocycles. The van der Waals surface area contributed by atoms with E-state index in [1.165, 1.54) is 31.2 Å². The Bertz CT molecular complexity index is 385. The quantitative estimate of drug-likeness (QED) is 0.586. The lowest BCUT2D eigenvalue weighted by atomic mass is 10.1. The lowest BCUT2D eigenvalue weighted by molar-refractivity contribution is 0.0355. The van der Waals surface area contributed by atoms with Gasteiger partial charge in [0.1, 0.15) is 18.1 Å². The maximum atomic E-state index is 5.89. The van der Waals surface area contributed by atoms with Crippen molar-refractivity contribution in [2.75, 3.05) is 0 Å². The molecule has 122 valence electrons. The highest BCUT2D eigenvalue weighted by molar-refractivity contribution is 5.19. The van der Waals surface area contributed by atoms with E-state index in [-0.39, 0.29) is 0 Å². The number of nitrogens with one attached hydrogen (secondary N) is 1. The van der Waals surface area contributed by atoms with Gasteiger partial charge in [-0.1, -0.05) is 46.5 Å². The third-order valence-corrected chi connectivity index (χ3v) is 3.72. The molecule has 0 fully saturated rings.